The molecule has 1 amide bonds. The number of ether oxygens (including phenoxy) is 1. The van der Waals surface area contributed by atoms with Gasteiger partial charge in [0.2, 0.25) is 5.91 Å². The molecule has 116 valence electrons. The van der Waals surface area contributed by atoms with E-state index in [9.17, 15) is 9.18 Å². The highest BCUT2D eigenvalue weighted by atomic mass is 19.1. The van der Waals surface area contributed by atoms with Gasteiger partial charge in [-0.2, -0.15) is 0 Å². The van der Waals surface area contributed by atoms with Crippen LogP contribution < -0.4 is 10.6 Å². The Labute approximate surface area is 124 Å². The molecule has 5 nitrogen and oxygen atoms in total. The molecule has 1 aromatic rings. The van der Waals surface area contributed by atoms with Gasteiger partial charge >= 0.3 is 0 Å². The molecule has 0 spiro atoms. The molecule has 1 heterocycles. The zero-order valence-corrected chi connectivity index (χ0v) is 12.3. The fourth-order valence-corrected chi connectivity index (χ4v) is 2.29. The van der Waals surface area contributed by atoms with E-state index in [1.165, 1.54) is 12.1 Å². The van der Waals surface area contributed by atoms with Crippen LogP contribution in [0.4, 0.5) is 10.1 Å². The van der Waals surface area contributed by atoms with E-state index in [1.807, 2.05) is 0 Å². The van der Waals surface area contributed by atoms with Gasteiger partial charge in [-0.05, 0) is 18.7 Å². The normalized spacial score (nSPS) is 19.4. The average molecular weight is 295 g/mol. The minimum absolute atomic E-state index is 0.0972. The zero-order valence-electron chi connectivity index (χ0n) is 12.3. The van der Waals surface area contributed by atoms with E-state index in [0.717, 1.165) is 26.2 Å². The van der Waals surface area contributed by atoms with Gasteiger partial charge in [0.25, 0.3) is 0 Å². The van der Waals surface area contributed by atoms with Crippen molar-refractivity contribution in [2.75, 3.05) is 44.6 Å². The number of anilines is 1. The number of carbonyl (C=O) groups excluding carboxylic acids is 1. The molecule has 1 aliphatic heterocycles. The minimum Gasteiger partial charge on any atom is -0.374 e. The number of nitrogens with zero attached hydrogens (tertiary/aromatic N) is 1. The van der Waals surface area contributed by atoms with E-state index in [4.69, 9.17) is 4.74 Å². The number of nitrogens with one attached hydrogen (secondary N) is 2. The highest BCUT2D eigenvalue weighted by molar-refractivity contribution is 5.92. The fourth-order valence-electron chi connectivity index (χ4n) is 2.29. The van der Waals surface area contributed by atoms with E-state index < -0.39 is 5.82 Å². The van der Waals surface area contributed by atoms with E-state index >= 15 is 0 Å². The average Bonchev–Trinajstić information content (AvgIpc) is 2.50. The van der Waals surface area contributed by atoms with Gasteiger partial charge in [0.15, 0.2) is 0 Å². The van der Waals surface area contributed by atoms with Gasteiger partial charge in [0, 0.05) is 19.6 Å². The second-order valence-corrected chi connectivity index (χ2v) is 5.04. The number of rotatable bonds is 6. The van der Waals surface area contributed by atoms with Crippen molar-refractivity contribution in [3.8, 4) is 0 Å². The molecule has 21 heavy (non-hydrogen) atoms. The number of benzene rings is 1. The lowest BCUT2D eigenvalue weighted by Crippen LogP contribution is -2.47. The molecule has 0 aliphatic carbocycles. The van der Waals surface area contributed by atoms with Gasteiger partial charge in [0.05, 0.1) is 24.9 Å². The summed E-state index contributed by atoms with van der Waals surface area (Å²) in [5, 5.41) is 5.59. The van der Waals surface area contributed by atoms with Crippen molar-refractivity contribution >= 4 is 11.6 Å². The van der Waals surface area contributed by atoms with Gasteiger partial charge in [-0.3, -0.25) is 9.69 Å². The zero-order chi connectivity index (χ0) is 15.1. The maximum Gasteiger partial charge on any atom is 0.238 e. The molecule has 0 radical (unpaired) electrons. The Morgan fingerprint density at radius 3 is 3.05 bits per heavy atom. The number of hydrogen-bond acceptors (Lipinski definition) is 4. The van der Waals surface area contributed by atoms with Crippen LogP contribution in [0.15, 0.2) is 24.3 Å². The molecule has 1 atom stereocenters. The molecule has 0 bridgehead atoms. The van der Waals surface area contributed by atoms with Crippen molar-refractivity contribution < 1.29 is 13.9 Å². The van der Waals surface area contributed by atoms with Crippen LogP contribution >= 0.6 is 0 Å². The van der Waals surface area contributed by atoms with Crippen LogP contribution in [-0.4, -0.2) is 56.2 Å². The lowest BCUT2D eigenvalue weighted by Gasteiger charge is -2.32. The van der Waals surface area contributed by atoms with E-state index in [2.05, 4.69) is 22.5 Å². The first kappa shape index (κ1) is 15.9. The third kappa shape index (κ3) is 5.08. The van der Waals surface area contributed by atoms with Gasteiger partial charge in [-0.1, -0.05) is 19.1 Å². The predicted molar refractivity (Wildman–Crippen MR) is 79.8 cm³/mol. The molecule has 2 rings (SSSR count). The molecule has 0 aromatic heterocycles. The predicted octanol–water partition coefficient (Wildman–Crippen LogP) is 1.07. The van der Waals surface area contributed by atoms with E-state index in [-0.39, 0.29) is 24.2 Å². The number of morpholine rings is 1. The lowest BCUT2D eigenvalue weighted by atomic mass is 10.2. The topological polar surface area (TPSA) is 53.6 Å². The Balaban J connectivity index is 1.69. The summed E-state index contributed by atoms with van der Waals surface area (Å²) in [6.45, 7) is 6.44. The van der Waals surface area contributed by atoms with Crippen LogP contribution in [0.5, 0.6) is 0 Å². The van der Waals surface area contributed by atoms with Crippen molar-refractivity contribution in [1.82, 2.24) is 10.2 Å². The van der Waals surface area contributed by atoms with Crippen molar-refractivity contribution in [2.45, 2.75) is 13.0 Å². The number of hydrogen-bond donors (Lipinski definition) is 2. The highest BCUT2D eigenvalue weighted by Crippen LogP contribution is 2.11. The number of carbonyl (C=O) groups is 1. The molecule has 1 aliphatic rings. The molecule has 1 unspecified atom stereocenters. The Bertz CT molecular complexity index is 470. The summed E-state index contributed by atoms with van der Waals surface area (Å²) in [5.41, 5.74) is 0.204. The number of amides is 1. The van der Waals surface area contributed by atoms with Crippen LogP contribution in [0.25, 0.3) is 0 Å². The third-order valence-electron chi connectivity index (χ3n) is 3.48. The monoisotopic (exact) mass is 295 g/mol. The summed E-state index contributed by atoms with van der Waals surface area (Å²) >= 11 is 0. The Morgan fingerprint density at radius 1 is 1.48 bits per heavy atom. The van der Waals surface area contributed by atoms with Crippen molar-refractivity contribution in [3.05, 3.63) is 30.1 Å². The molecule has 1 saturated heterocycles. The standard InChI is InChI=1S/C15H22FN3O2/c1-2-19-7-8-21-12(11-19)9-17-10-15(20)18-14-6-4-3-5-13(14)16/h3-6,12,17H,2,7-11H2,1H3,(H,18,20). The van der Waals surface area contributed by atoms with Crippen LogP contribution in [0.3, 0.4) is 0 Å². The maximum atomic E-state index is 13.4. The fraction of sp³-hybridized carbons (Fsp3) is 0.533. The first-order chi connectivity index (χ1) is 10.2. The minimum atomic E-state index is -0.431. The van der Waals surface area contributed by atoms with Crippen LogP contribution in [0.1, 0.15) is 6.92 Å². The first-order valence-corrected chi connectivity index (χ1v) is 7.28. The Kier molecular flexibility index (Phi) is 6.10. The Morgan fingerprint density at radius 2 is 2.29 bits per heavy atom. The first-order valence-electron chi connectivity index (χ1n) is 7.28. The third-order valence-corrected chi connectivity index (χ3v) is 3.48. The van der Waals surface area contributed by atoms with Crippen molar-refractivity contribution in [1.29, 1.82) is 0 Å². The van der Waals surface area contributed by atoms with Gasteiger partial charge in [0.1, 0.15) is 5.82 Å². The second kappa shape index (κ2) is 8.07. The second-order valence-electron chi connectivity index (χ2n) is 5.04. The van der Waals surface area contributed by atoms with Crippen molar-refractivity contribution in [3.63, 3.8) is 0 Å². The summed E-state index contributed by atoms with van der Waals surface area (Å²) < 4.78 is 19.0. The molecule has 1 fully saturated rings. The summed E-state index contributed by atoms with van der Waals surface area (Å²) in [6, 6.07) is 6.12. The van der Waals surface area contributed by atoms with Gasteiger partial charge < -0.3 is 15.4 Å². The van der Waals surface area contributed by atoms with E-state index in [0.29, 0.717) is 6.54 Å². The Hall–Kier alpha value is -1.50. The highest BCUT2D eigenvalue weighted by Gasteiger charge is 2.19. The van der Waals surface area contributed by atoms with Crippen LogP contribution in [-0.2, 0) is 9.53 Å². The summed E-state index contributed by atoms with van der Waals surface area (Å²) in [5.74, 6) is -0.691. The van der Waals surface area contributed by atoms with Crippen molar-refractivity contribution in [2.24, 2.45) is 0 Å². The smallest absolute Gasteiger partial charge is 0.238 e. The number of likely N-dealkylation sites (N-methyl/N-ethyl adjacent to an activating group) is 1. The summed E-state index contributed by atoms with van der Waals surface area (Å²) in [6.07, 6.45) is 0.0972. The SMILES string of the molecule is CCN1CCOC(CNCC(=O)Nc2ccccc2F)C1. The van der Waals surface area contributed by atoms with Crippen LogP contribution in [0, 0.1) is 5.82 Å². The maximum absolute atomic E-state index is 13.4. The van der Waals surface area contributed by atoms with Gasteiger partial charge in [-0.15, -0.1) is 0 Å². The summed E-state index contributed by atoms with van der Waals surface area (Å²) in [7, 11) is 0. The van der Waals surface area contributed by atoms with Crippen LogP contribution in [0.2, 0.25) is 0 Å². The number of para-hydroxylation sites is 1. The van der Waals surface area contributed by atoms with E-state index in [1.54, 1.807) is 12.1 Å². The summed E-state index contributed by atoms with van der Waals surface area (Å²) in [4.78, 5) is 14.1. The molecule has 1 aromatic carbocycles. The lowest BCUT2D eigenvalue weighted by molar-refractivity contribution is -0.115. The largest absolute Gasteiger partial charge is 0.374 e. The van der Waals surface area contributed by atoms with Gasteiger partial charge in [-0.25, -0.2) is 4.39 Å². The molecule has 6 heteroatoms. The molecular formula is C15H22FN3O2. The molecule has 0 saturated carbocycles. The quantitative estimate of drug-likeness (QED) is 0.824. The number of halogens is 1. The molecule has 2 N–H and O–H groups in total. The molecular weight excluding hydrogens is 273 g/mol.